The number of nitrogens with zero attached hydrogens (tertiary/aromatic N) is 1. The lowest BCUT2D eigenvalue weighted by Gasteiger charge is -2.09. The summed E-state index contributed by atoms with van der Waals surface area (Å²) in [6.45, 7) is 6.17. The average molecular weight is 340 g/mol. The van der Waals surface area contributed by atoms with E-state index >= 15 is 0 Å². The van der Waals surface area contributed by atoms with Crippen molar-refractivity contribution < 1.29 is 0 Å². The molecule has 0 aliphatic heterocycles. The van der Waals surface area contributed by atoms with Gasteiger partial charge in [-0.15, -0.1) is 0 Å². The molecule has 17 heavy (non-hydrogen) atoms. The first-order chi connectivity index (χ1) is 7.99. The average Bonchev–Trinajstić information content (AvgIpc) is 2.27. The Morgan fingerprint density at radius 2 is 1.76 bits per heavy atom. The maximum atomic E-state index is 11.6. The molecule has 0 aliphatic carbocycles. The number of aryl methyl sites for hydroxylation is 3. The van der Waals surface area contributed by atoms with Crippen LogP contribution in [0.2, 0.25) is 0 Å². The molecule has 0 bridgehead atoms. The van der Waals surface area contributed by atoms with Gasteiger partial charge < -0.3 is 4.98 Å². The van der Waals surface area contributed by atoms with Crippen LogP contribution in [0.5, 0.6) is 0 Å². The summed E-state index contributed by atoms with van der Waals surface area (Å²) in [7, 11) is 0. The number of nitrogens with one attached hydrogen (secondary N) is 1. The van der Waals surface area contributed by atoms with Gasteiger partial charge in [-0.25, -0.2) is 4.98 Å². The van der Waals surface area contributed by atoms with E-state index < -0.39 is 0 Å². The maximum Gasteiger partial charge on any atom is 0.264 e. The van der Waals surface area contributed by atoms with Crippen LogP contribution in [-0.4, -0.2) is 9.97 Å². The van der Waals surface area contributed by atoms with Gasteiger partial charge in [-0.05, 0) is 66.1 Å². The number of halogens is 1. The van der Waals surface area contributed by atoms with Crippen molar-refractivity contribution >= 4 is 22.6 Å². The van der Waals surface area contributed by atoms with E-state index in [1.165, 1.54) is 11.1 Å². The smallest absolute Gasteiger partial charge is 0.264 e. The fraction of sp³-hybridized carbons (Fsp3) is 0.231. The van der Waals surface area contributed by atoms with Gasteiger partial charge >= 0.3 is 0 Å². The van der Waals surface area contributed by atoms with Crippen molar-refractivity contribution in [3.8, 4) is 11.4 Å². The summed E-state index contributed by atoms with van der Waals surface area (Å²) in [4.78, 5) is 18.7. The van der Waals surface area contributed by atoms with Crippen molar-refractivity contribution in [2.45, 2.75) is 20.8 Å². The predicted octanol–water partition coefficient (Wildman–Crippen LogP) is 2.97. The topological polar surface area (TPSA) is 45.8 Å². The summed E-state index contributed by atoms with van der Waals surface area (Å²) in [5.41, 5.74) is 4.47. The van der Waals surface area contributed by atoms with E-state index in [0.29, 0.717) is 9.39 Å². The Morgan fingerprint density at radius 1 is 1.12 bits per heavy atom. The molecule has 0 fully saturated rings. The van der Waals surface area contributed by atoms with Crippen LogP contribution in [0.4, 0.5) is 0 Å². The highest BCUT2D eigenvalue weighted by atomic mass is 127. The molecule has 3 nitrogen and oxygen atoms in total. The third kappa shape index (κ3) is 2.41. The Morgan fingerprint density at radius 3 is 2.41 bits per heavy atom. The van der Waals surface area contributed by atoms with E-state index in [0.717, 1.165) is 11.1 Å². The molecule has 0 aliphatic rings. The highest BCUT2D eigenvalue weighted by molar-refractivity contribution is 14.1. The van der Waals surface area contributed by atoms with Crippen LogP contribution in [0.25, 0.3) is 11.4 Å². The molecular formula is C13H13IN2O. The van der Waals surface area contributed by atoms with Gasteiger partial charge in [0.15, 0.2) is 0 Å². The quantitative estimate of drug-likeness (QED) is 0.812. The van der Waals surface area contributed by atoms with Gasteiger partial charge in [0.1, 0.15) is 5.82 Å². The normalized spacial score (nSPS) is 10.6. The third-order valence-electron chi connectivity index (χ3n) is 2.85. The van der Waals surface area contributed by atoms with Crippen LogP contribution in [0, 0.1) is 24.3 Å². The van der Waals surface area contributed by atoms with Gasteiger partial charge in [0, 0.05) is 11.8 Å². The lowest BCUT2D eigenvalue weighted by Crippen LogP contribution is -2.12. The number of hydrogen-bond donors (Lipinski definition) is 1. The number of hydrogen-bond acceptors (Lipinski definition) is 2. The molecule has 1 heterocycles. The number of H-pyrrole nitrogens is 1. The lowest BCUT2D eigenvalue weighted by molar-refractivity contribution is 1.10. The molecule has 4 heteroatoms. The number of rotatable bonds is 1. The van der Waals surface area contributed by atoms with Crippen LogP contribution in [0.1, 0.15) is 16.7 Å². The minimum Gasteiger partial charge on any atom is -0.306 e. The minimum absolute atomic E-state index is 0.0896. The van der Waals surface area contributed by atoms with Crippen LogP contribution < -0.4 is 5.56 Å². The van der Waals surface area contributed by atoms with E-state index in [2.05, 4.69) is 35.9 Å². The van der Waals surface area contributed by atoms with Crippen molar-refractivity contribution in [3.05, 3.63) is 48.9 Å². The molecule has 0 amide bonds. The van der Waals surface area contributed by atoms with E-state index in [4.69, 9.17) is 0 Å². The SMILES string of the molecule is Cc1cc(C)c(-c2ncc(I)c(=O)[nH]2)cc1C. The monoisotopic (exact) mass is 340 g/mol. The number of aromatic nitrogens is 2. The molecule has 0 spiro atoms. The summed E-state index contributed by atoms with van der Waals surface area (Å²) >= 11 is 1.97. The van der Waals surface area contributed by atoms with Crippen LogP contribution >= 0.6 is 22.6 Å². The second kappa shape index (κ2) is 4.60. The summed E-state index contributed by atoms with van der Waals surface area (Å²) in [5.74, 6) is 0.635. The molecule has 2 aromatic rings. The molecule has 0 saturated heterocycles. The molecule has 2 rings (SSSR count). The van der Waals surface area contributed by atoms with Crippen molar-refractivity contribution in [2.75, 3.05) is 0 Å². The Bertz CT molecular complexity index is 632. The molecule has 0 atom stereocenters. The maximum absolute atomic E-state index is 11.6. The first kappa shape index (κ1) is 12.3. The fourth-order valence-electron chi connectivity index (χ4n) is 1.73. The third-order valence-corrected chi connectivity index (χ3v) is 3.62. The molecule has 1 aromatic carbocycles. The number of benzene rings is 1. The zero-order valence-corrected chi connectivity index (χ0v) is 12.1. The van der Waals surface area contributed by atoms with Crippen LogP contribution in [0.15, 0.2) is 23.1 Å². The zero-order valence-electron chi connectivity index (χ0n) is 9.97. The van der Waals surface area contributed by atoms with E-state index in [-0.39, 0.29) is 5.56 Å². The molecule has 0 saturated carbocycles. The molecular weight excluding hydrogens is 327 g/mol. The summed E-state index contributed by atoms with van der Waals surface area (Å²) in [6, 6.07) is 4.18. The van der Waals surface area contributed by atoms with Crippen LogP contribution in [-0.2, 0) is 0 Å². The summed E-state index contributed by atoms with van der Waals surface area (Å²) in [5, 5.41) is 0. The minimum atomic E-state index is -0.0896. The summed E-state index contributed by atoms with van der Waals surface area (Å²) < 4.78 is 0.604. The van der Waals surface area contributed by atoms with E-state index in [9.17, 15) is 4.79 Å². The predicted molar refractivity (Wildman–Crippen MR) is 77.2 cm³/mol. The summed E-state index contributed by atoms with van der Waals surface area (Å²) in [6.07, 6.45) is 1.60. The highest BCUT2D eigenvalue weighted by Crippen LogP contribution is 2.22. The van der Waals surface area contributed by atoms with Crippen molar-refractivity contribution in [3.63, 3.8) is 0 Å². The molecule has 1 aromatic heterocycles. The van der Waals surface area contributed by atoms with Gasteiger partial charge in [0.25, 0.3) is 5.56 Å². The van der Waals surface area contributed by atoms with E-state index in [1.807, 2.05) is 29.5 Å². The Kier molecular flexibility index (Phi) is 3.33. The number of aromatic amines is 1. The Hall–Kier alpha value is -1.17. The molecule has 88 valence electrons. The lowest BCUT2D eigenvalue weighted by atomic mass is 10.0. The highest BCUT2D eigenvalue weighted by Gasteiger charge is 2.07. The van der Waals surface area contributed by atoms with Gasteiger partial charge in [-0.2, -0.15) is 0 Å². The van der Waals surface area contributed by atoms with Crippen molar-refractivity contribution in [1.82, 2.24) is 9.97 Å². The fourth-order valence-corrected chi connectivity index (χ4v) is 2.01. The molecule has 1 N–H and O–H groups in total. The standard InChI is InChI=1S/C13H13IN2O/c1-7-4-9(3)10(5-8(7)2)12-15-6-11(14)13(17)16-12/h4-6H,1-3H3,(H,15,16,17). The van der Waals surface area contributed by atoms with Crippen molar-refractivity contribution in [2.24, 2.45) is 0 Å². The zero-order chi connectivity index (χ0) is 12.6. The van der Waals surface area contributed by atoms with Crippen LogP contribution in [0.3, 0.4) is 0 Å². The van der Waals surface area contributed by atoms with Crippen molar-refractivity contribution in [1.29, 1.82) is 0 Å². The van der Waals surface area contributed by atoms with E-state index in [1.54, 1.807) is 6.20 Å². The molecule has 0 radical (unpaired) electrons. The first-order valence-electron chi connectivity index (χ1n) is 5.32. The van der Waals surface area contributed by atoms with Gasteiger partial charge in [-0.1, -0.05) is 6.07 Å². The van der Waals surface area contributed by atoms with Gasteiger partial charge in [0.05, 0.1) is 3.57 Å². The second-order valence-electron chi connectivity index (χ2n) is 4.16. The Balaban J connectivity index is 2.64. The largest absolute Gasteiger partial charge is 0.306 e. The Labute approximate surface area is 113 Å². The first-order valence-corrected chi connectivity index (χ1v) is 6.40. The molecule has 0 unspecified atom stereocenters. The second-order valence-corrected chi connectivity index (χ2v) is 5.32. The van der Waals surface area contributed by atoms with Gasteiger partial charge in [-0.3, -0.25) is 4.79 Å². The van der Waals surface area contributed by atoms with Gasteiger partial charge in [0.2, 0.25) is 0 Å².